The van der Waals surface area contributed by atoms with E-state index in [1.54, 1.807) is 54.1 Å². The van der Waals surface area contributed by atoms with Gasteiger partial charge in [0.05, 0.1) is 23.9 Å². The van der Waals surface area contributed by atoms with Gasteiger partial charge in [0.15, 0.2) is 0 Å². The normalized spacial score (nSPS) is 14.4. The summed E-state index contributed by atoms with van der Waals surface area (Å²) in [5.41, 5.74) is 3.01. The molecule has 0 spiro atoms. The molecule has 3 N–H and O–H groups in total. The Morgan fingerprint density at radius 2 is 1.90 bits per heavy atom. The zero-order valence-corrected chi connectivity index (χ0v) is 21.8. The van der Waals surface area contributed by atoms with E-state index in [1.807, 2.05) is 6.07 Å². The van der Waals surface area contributed by atoms with E-state index >= 15 is 0 Å². The van der Waals surface area contributed by atoms with Crippen LogP contribution in [0.4, 0.5) is 16.0 Å². The first-order valence-electron chi connectivity index (χ1n) is 11.9. The van der Waals surface area contributed by atoms with Crippen molar-refractivity contribution < 1.29 is 23.8 Å². The van der Waals surface area contributed by atoms with Crippen LogP contribution in [0.2, 0.25) is 0 Å². The van der Waals surface area contributed by atoms with Crippen LogP contribution >= 0.6 is 11.8 Å². The fourth-order valence-electron chi connectivity index (χ4n) is 4.32. The Balaban J connectivity index is 1.51. The van der Waals surface area contributed by atoms with E-state index in [-0.39, 0.29) is 17.3 Å². The standard InChI is InChI=1S/C28H24FN5O4S/c1-16-23(25(35)31-21-8-3-4-9-22(21)38-2)24(18-10-12-19(13-11-18)26(36)37)34-27(30-16)32-28(33-34)39-15-17-6-5-7-20(29)14-17/h3-14,24H,15H2,1-2H3,(H,31,35)(H,36,37)(H,30,32,33). The summed E-state index contributed by atoms with van der Waals surface area (Å²) in [7, 11) is 1.52. The molecule has 0 aliphatic carbocycles. The number of nitrogens with one attached hydrogen (secondary N) is 2. The number of aromatic carboxylic acids is 1. The minimum absolute atomic E-state index is 0.124. The average Bonchev–Trinajstić information content (AvgIpc) is 3.34. The number of carboxylic acid groups (broad SMARTS) is 1. The molecule has 4 aromatic rings. The predicted octanol–water partition coefficient (Wildman–Crippen LogP) is 5.34. The van der Waals surface area contributed by atoms with E-state index < -0.39 is 12.0 Å². The number of hydrogen-bond acceptors (Lipinski definition) is 7. The molecule has 1 atom stereocenters. The number of anilines is 2. The first kappa shape index (κ1) is 26.0. The SMILES string of the molecule is COc1ccccc1NC(=O)C1=C(C)Nc2nc(SCc3cccc(F)c3)nn2C1c1ccc(C(=O)O)cc1. The molecule has 39 heavy (non-hydrogen) atoms. The Kier molecular flexibility index (Phi) is 7.33. The van der Waals surface area contributed by atoms with E-state index in [2.05, 4.69) is 20.7 Å². The van der Waals surface area contributed by atoms with Crippen LogP contribution in [0.5, 0.6) is 5.75 Å². The fourth-order valence-corrected chi connectivity index (χ4v) is 5.09. The second-order valence-electron chi connectivity index (χ2n) is 8.73. The molecule has 5 rings (SSSR count). The monoisotopic (exact) mass is 545 g/mol. The lowest BCUT2D eigenvalue weighted by Gasteiger charge is -2.28. The van der Waals surface area contributed by atoms with Crippen molar-refractivity contribution >= 4 is 35.3 Å². The maximum Gasteiger partial charge on any atom is 0.335 e. The van der Waals surface area contributed by atoms with E-state index in [0.29, 0.717) is 45.1 Å². The van der Waals surface area contributed by atoms with Crippen molar-refractivity contribution in [2.75, 3.05) is 17.7 Å². The number of ether oxygens (including phenoxy) is 1. The smallest absolute Gasteiger partial charge is 0.335 e. The highest BCUT2D eigenvalue weighted by molar-refractivity contribution is 7.98. The molecule has 0 radical (unpaired) electrons. The van der Waals surface area contributed by atoms with Gasteiger partial charge in [0.1, 0.15) is 17.6 Å². The molecule has 198 valence electrons. The number of rotatable bonds is 8. The van der Waals surface area contributed by atoms with Gasteiger partial charge in [0.25, 0.3) is 5.91 Å². The van der Waals surface area contributed by atoms with Crippen LogP contribution in [0.25, 0.3) is 0 Å². The Morgan fingerprint density at radius 3 is 2.62 bits per heavy atom. The highest BCUT2D eigenvalue weighted by atomic mass is 32.2. The molecule has 0 saturated carbocycles. The van der Waals surface area contributed by atoms with Crippen LogP contribution in [0, 0.1) is 5.82 Å². The Hall–Kier alpha value is -4.64. The molecular formula is C28H24FN5O4S. The van der Waals surface area contributed by atoms with E-state index in [4.69, 9.17) is 4.74 Å². The first-order valence-corrected chi connectivity index (χ1v) is 12.9. The summed E-state index contributed by atoms with van der Waals surface area (Å²) in [6, 6.07) is 19.0. The molecule has 1 amide bonds. The molecule has 1 aliphatic rings. The number of halogens is 1. The highest BCUT2D eigenvalue weighted by Gasteiger charge is 2.34. The number of methoxy groups -OCH3 is 1. The number of para-hydroxylation sites is 2. The largest absolute Gasteiger partial charge is 0.495 e. The summed E-state index contributed by atoms with van der Waals surface area (Å²) in [4.78, 5) is 29.7. The van der Waals surface area contributed by atoms with Crippen molar-refractivity contribution in [3.05, 3.63) is 107 Å². The number of hydrogen-bond donors (Lipinski definition) is 3. The number of nitrogens with zero attached hydrogens (tertiary/aromatic N) is 3. The lowest BCUT2D eigenvalue weighted by atomic mass is 9.94. The Labute approximate surface area is 227 Å². The highest BCUT2D eigenvalue weighted by Crippen LogP contribution is 2.37. The summed E-state index contributed by atoms with van der Waals surface area (Å²) in [5, 5.41) is 20.6. The van der Waals surface area contributed by atoms with Gasteiger partial charge < -0.3 is 20.5 Å². The van der Waals surface area contributed by atoms with Crippen molar-refractivity contribution in [2.45, 2.75) is 23.9 Å². The van der Waals surface area contributed by atoms with Gasteiger partial charge in [-0.2, -0.15) is 4.98 Å². The Morgan fingerprint density at radius 1 is 1.13 bits per heavy atom. The molecule has 2 heterocycles. The van der Waals surface area contributed by atoms with Gasteiger partial charge in [-0.25, -0.2) is 13.9 Å². The molecule has 9 nitrogen and oxygen atoms in total. The number of fused-ring (bicyclic) bond motifs is 1. The van der Waals surface area contributed by atoms with Gasteiger partial charge in [-0.15, -0.1) is 5.10 Å². The van der Waals surface area contributed by atoms with Crippen molar-refractivity contribution in [2.24, 2.45) is 0 Å². The van der Waals surface area contributed by atoms with Crippen molar-refractivity contribution in [1.82, 2.24) is 14.8 Å². The summed E-state index contributed by atoms with van der Waals surface area (Å²) < 4.78 is 20.6. The van der Waals surface area contributed by atoms with Crippen molar-refractivity contribution in [3.63, 3.8) is 0 Å². The zero-order valence-electron chi connectivity index (χ0n) is 21.0. The zero-order chi connectivity index (χ0) is 27.5. The lowest BCUT2D eigenvalue weighted by Crippen LogP contribution is -2.31. The molecule has 3 aromatic carbocycles. The maximum absolute atomic E-state index is 13.7. The molecule has 0 fully saturated rings. The summed E-state index contributed by atoms with van der Waals surface area (Å²) in [6.45, 7) is 1.77. The molecular weight excluding hydrogens is 521 g/mol. The second-order valence-corrected chi connectivity index (χ2v) is 9.67. The average molecular weight is 546 g/mol. The van der Waals surface area contributed by atoms with Crippen LogP contribution in [0.1, 0.15) is 34.5 Å². The summed E-state index contributed by atoms with van der Waals surface area (Å²) in [5.74, 6) is -0.366. The van der Waals surface area contributed by atoms with E-state index in [9.17, 15) is 19.1 Å². The molecule has 1 unspecified atom stereocenters. The van der Waals surface area contributed by atoms with Gasteiger partial charge in [-0.3, -0.25) is 4.79 Å². The number of benzene rings is 3. The predicted molar refractivity (Wildman–Crippen MR) is 145 cm³/mol. The minimum Gasteiger partial charge on any atom is -0.495 e. The van der Waals surface area contributed by atoms with Gasteiger partial charge >= 0.3 is 5.97 Å². The van der Waals surface area contributed by atoms with Crippen LogP contribution in [0.3, 0.4) is 0 Å². The van der Waals surface area contributed by atoms with Crippen LogP contribution in [0.15, 0.2) is 89.2 Å². The van der Waals surface area contributed by atoms with Crippen LogP contribution < -0.4 is 15.4 Å². The first-order chi connectivity index (χ1) is 18.8. The fraction of sp³-hybridized carbons (Fsp3) is 0.143. The van der Waals surface area contributed by atoms with Crippen LogP contribution in [-0.4, -0.2) is 38.9 Å². The molecule has 11 heteroatoms. The number of carbonyl (C=O) groups excluding carboxylic acids is 1. The number of carbonyl (C=O) groups is 2. The molecule has 0 bridgehead atoms. The third kappa shape index (κ3) is 5.48. The lowest BCUT2D eigenvalue weighted by molar-refractivity contribution is -0.113. The van der Waals surface area contributed by atoms with E-state index in [0.717, 1.165) is 5.56 Å². The third-order valence-corrected chi connectivity index (χ3v) is 7.07. The topological polar surface area (TPSA) is 118 Å². The van der Waals surface area contributed by atoms with Gasteiger partial charge in [0, 0.05) is 11.4 Å². The summed E-state index contributed by atoms with van der Waals surface area (Å²) >= 11 is 1.33. The number of allylic oxidation sites excluding steroid dienone is 1. The number of carboxylic acids is 1. The number of aromatic nitrogens is 3. The summed E-state index contributed by atoms with van der Waals surface area (Å²) in [6.07, 6.45) is 0. The van der Waals surface area contributed by atoms with Gasteiger partial charge in [-0.1, -0.05) is 48.2 Å². The van der Waals surface area contributed by atoms with Gasteiger partial charge in [0.2, 0.25) is 11.1 Å². The molecule has 1 aromatic heterocycles. The molecule has 1 aliphatic heterocycles. The van der Waals surface area contributed by atoms with Crippen LogP contribution in [-0.2, 0) is 10.5 Å². The Bertz CT molecular complexity index is 1590. The van der Waals surface area contributed by atoms with E-state index in [1.165, 1.54) is 43.1 Å². The maximum atomic E-state index is 13.7. The van der Waals surface area contributed by atoms with Crippen molar-refractivity contribution in [1.29, 1.82) is 0 Å². The number of amides is 1. The van der Waals surface area contributed by atoms with Gasteiger partial charge in [-0.05, 0) is 54.4 Å². The van der Waals surface area contributed by atoms with Crippen molar-refractivity contribution in [3.8, 4) is 5.75 Å². The second kappa shape index (κ2) is 11.0. The third-order valence-electron chi connectivity index (χ3n) is 6.16. The number of thioether (sulfide) groups is 1. The quantitative estimate of drug-likeness (QED) is 0.254. The minimum atomic E-state index is -1.05. The molecule has 0 saturated heterocycles.